The Morgan fingerprint density at radius 3 is 2.50 bits per heavy atom. The molecule has 0 aromatic heterocycles. The summed E-state index contributed by atoms with van der Waals surface area (Å²) in [5.74, 6) is -1.29. The molecule has 1 aliphatic heterocycles. The summed E-state index contributed by atoms with van der Waals surface area (Å²) in [5, 5.41) is 3.11. The zero-order valence-corrected chi connectivity index (χ0v) is 7.81. The van der Waals surface area contributed by atoms with Gasteiger partial charge < -0.3 is 10.1 Å². The van der Waals surface area contributed by atoms with Gasteiger partial charge in [-0.2, -0.15) is 0 Å². The van der Waals surface area contributed by atoms with E-state index in [2.05, 4.69) is 5.32 Å². The number of hydrogen-bond donors (Lipinski definition) is 1. The van der Waals surface area contributed by atoms with E-state index in [0.717, 1.165) is 19.0 Å². The van der Waals surface area contributed by atoms with Crippen LogP contribution in [0.2, 0.25) is 0 Å². The Labute approximate surface area is 80.9 Å². The van der Waals surface area contributed by atoms with Crippen molar-refractivity contribution in [2.24, 2.45) is 0 Å². The van der Waals surface area contributed by atoms with E-state index in [1.165, 1.54) is 13.2 Å². The molecule has 1 saturated heterocycles. The first-order valence-corrected chi connectivity index (χ1v) is 4.48. The van der Waals surface area contributed by atoms with Gasteiger partial charge in [-0.1, -0.05) is 0 Å². The van der Waals surface area contributed by atoms with Gasteiger partial charge in [0.2, 0.25) is 0 Å². The highest BCUT2D eigenvalue weighted by Crippen LogP contribution is 2.32. The van der Waals surface area contributed by atoms with Gasteiger partial charge in [0.1, 0.15) is 5.75 Å². The van der Waals surface area contributed by atoms with Gasteiger partial charge in [0.05, 0.1) is 7.11 Å². The maximum absolute atomic E-state index is 13.0. The minimum Gasteiger partial charge on any atom is -0.496 e. The van der Waals surface area contributed by atoms with E-state index in [4.69, 9.17) is 4.74 Å². The fourth-order valence-corrected chi connectivity index (χ4v) is 1.55. The van der Waals surface area contributed by atoms with Crippen LogP contribution in [0.4, 0.5) is 8.78 Å². The van der Waals surface area contributed by atoms with Gasteiger partial charge >= 0.3 is 0 Å². The fraction of sp³-hybridized carbons (Fsp3) is 0.400. The third-order valence-corrected chi connectivity index (χ3v) is 2.47. The number of ether oxygens (including phenoxy) is 1. The molecule has 0 radical (unpaired) electrons. The molecule has 1 N–H and O–H groups in total. The molecule has 4 heteroatoms. The molecule has 1 heterocycles. The molecule has 1 aliphatic rings. The SMILES string of the molecule is COc1cc(F)c(F)cc1[C@@H]1CCN1. The summed E-state index contributed by atoms with van der Waals surface area (Å²) >= 11 is 0. The summed E-state index contributed by atoms with van der Waals surface area (Å²) in [6.45, 7) is 0.910. The molecule has 1 aromatic rings. The minimum atomic E-state index is -0.870. The number of methoxy groups -OCH3 is 1. The number of nitrogens with one attached hydrogen (secondary N) is 1. The van der Waals surface area contributed by atoms with Crippen LogP contribution in [0, 0.1) is 11.6 Å². The van der Waals surface area contributed by atoms with Crippen LogP contribution in [0.25, 0.3) is 0 Å². The third-order valence-electron chi connectivity index (χ3n) is 2.47. The Balaban J connectivity index is 2.40. The fourth-order valence-electron chi connectivity index (χ4n) is 1.55. The highest BCUT2D eigenvalue weighted by atomic mass is 19.2. The Hall–Kier alpha value is -1.16. The van der Waals surface area contributed by atoms with Gasteiger partial charge in [0.25, 0.3) is 0 Å². The summed E-state index contributed by atoms with van der Waals surface area (Å²) < 4.78 is 30.8. The summed E-state index contributed by atoms with van der Waals surface area (Å²) in [4.78, 5) is 0. The molecule has 0 unspecified atom stereocenters. The van der Waals surface area contributed by atoms with Gasteiger partial charge in [0, 0.05) is 17.7 Å². The summed E-state index contributed by atoms with van der Waals surface area (Å²) in [5.41, 5.74) is 0.692. The van der Waals surface area contributed by atoms with Crippen molar-refractivity contribution in [2.45, 2.75) is 12.5 Å². The first kappa shape index (κ1) is 9.40. The van der Waals surface area contributed by atoms with Gasteiger partial charge in [-0.25, -0.2) is 8.78 Å². The quantitative estimate of drug-likeness (QED) is 0.786. The molecule has 0 saturated carbocycles. The molecule has 1 atom stereocenters. The molecule has 0 bridgehead atoms. The van der Waals surface area contributed by atoms with Crippen molar-refractivity contribution >= 4 is 0 Å². The molecule has 76 valence electrons. The molecule has 0 aliphatic carbocycles. The topological polar surface area (TPSA) is 21.3 Å². The first-order chi connectivity index (χ1) is 6.72. The molecule has 1 aromatic carbocycles. The molecule has 1 fully saturated rings. The van der Waals surface area contributed by atoms with Crippen molar-refractivity contribution in [3.05, 3.63) is 29.3 Å². The van der Waals surface area contributed by atoms with Gasteiger partial charge in [-0.15, -0.1) is 0 Å². The van der Waals surface area contributed by atoms with Crippen molar-refractivity contribution in [1.29, 1.82) is 0 Å². The summed E-state index contributed by atoms with van der Waals surface area (Å²) in [7, 11) is 1.45. The van der Waals surface area contributed by atoms with Gasteiger partial charge in [0.15, 0.2) is 11.6 Å². The van der Waals surface area contributed by atoms with Crippen LogP contribution in [0.1, 0.15) is 18.0 Å². The maximum Gasteiger partial charge on any atom is 0.162 e. The predicted molar refractivity (Wildman–Crippen MR) is 48.3 cm³/mol. The lowest BCUT2D eigenvalue weighted by Crippen LogP contribution is -2.35. The zero-order chi connectivity index (χ0) is 10.1. The molecule has 2 nitrogen and oxygen atoms in total. The summed E-state index contributed by atoms with van der Waals surface area (Å²) in [6, 6.07) is 2.38. The summed E-state index contributed by atoms with van der Waals surface area (Å²) in [6.07, 6.45) is 0.932. The van der Waals surface area contributed by atoms with Crippen molar-refractivity contribution in [3.8, 4) is 5.75 Å². The second-order valence-electron chi connectivity index (χ2n) is 3.30. The van der Waals surface area contributed by atoms with Crippen LogP contribution in [0.5, 0.6) is 5.75 Å². The standard InChI is InChI=1S/C10H11F2NO/c1-14-10-5-8(12)7(11)4-6(10)9-2-3-13-9/h4-5,9,13H,2-3H2,1H3/t9-/m0/s1. The largest absolute Gasteiger partial charge is 0.496 e. The average Bonchev–Trinajstić information content (AvgIpc) is 2.08. The first-order valence-electron chi connectivity index (χ1n) is 4.48. The van der Waals surface area contributed by atoms with Crippen LogP contribution < -0.4 is 10.1 Å². The van der Waals surface area contributed by atoms with E-state index < -0.39 is 11.6 Å². The zero-order valence-electron chi connectivity index (χ0n) is 7.81. The van der Waals surface area contributed by atoms with Gasteiger partial charge in [-0.05, 0) is 19.0 Å². The average molecular weight is 199 g/mol. The smallest absolute Gasteiger partial charge is 0.162 e. The van der Waals surface area contributed by atoms with E-state index in [1.54, 1.807) is 0 Å². The second kappa shape index (κ2) is 3.53. The second-order valence-corrected chi connectivity index (χ2v) is 3.30. The van der Waals surface area contributed by atoms with E-state index in [1.807, 2.05) is 0 Å². The lowest BCUT2D eigenvalue weighted by atomic mass is 9.97. The van der Waals surface area contributed by atoms with Crippen LogP contribution in [-0.4, -0.2) is 13.7 Å². The number of halogens is 2. The van der Waals surface area contributed by atoms with Crippen molar-refractivity contribution in [2.75, 3.05) is 13.7 Å². The molecule has 0 spiro atoms. The van der Waals surface area contributed by atoms with Crippen molar-refractivity contribution < 1.29 is 13.5 Å². The maximum atomic E-state index is 13.0. The van der Waals surface area contributed by atoms with Crippen molar-refractivity contribution in [1.82, 2.24) is 5.32 Å². The highest BCUT2D eigenvalue weighted by molar-refractivity contribution is 5.38. The molecule has 14 heavy (non-hydrogen) atoms. The molecular formula is C10H11F2NO. The molecule has 2 rings (SSSR count). The Morgan fingerprint density at radius 1 is 1.36 bits per heavy atom. The van der Waals surface area contributed by atoms with Crippen LogP contribution in [0.15, 0.2) is 12.1 Å². The number of rotatable bonds is 2. The van der Waals surface area contributed by atoms with E-state index in [0.29, 0.717) is 11.3 Å². The Kier molecular flexibility index (Phi) is 2.37. The van der Waals surface area contributed by atoms with E-state index in [-0.39, 0.29) is 6.04 Å². The molecular weight excluding hydrogens is 188 g/mol. The monoisotopic (exact) mass is 199 g/mol. The number of benzene rings is 1. The molecule has 0 amide bonds. The number of hydrogen-bond acceptors (Lipinski definition) is 2. The lowest BCUT2D eigenvalue weighted by Gasteiger charge is -2.29. The van der Waals surface area contributed by atoms with Crippen LogP contribution >= 0.6 is 0 Å². The normalized spacial score (nSPS) is 20.4. The van der Waals surface area contributed by atoms with E-state index in [9.17, 15) is 8.78 Å². The Bertz CT molecular complexity index is 350. The minimum absolute atomic E-state index is 0.0973. The van der Waals surface area contributed by atoms with Gasteiger partial charge in [-0.3, -0.25) is 0 Å². The van der Waals surface area contributed by atoms with E-state index >= 15 is 0 Å². The van der Waals surface area contributed by atoms with Crippen LogP contribution in [-0.2, 0) is 0 Å². The third kappa shape index (κ3) is 1.46. The van der Waals surface area contributed by atoms with Crippen molar-refractivity contribution in [3.63, 3.8) is 0 Å². The van der Waals surface area contributed by atoms with Crippen LogP contribution in [0.3, 0.4) is 0 Å². The lowest BCUT2D eigenvalue weighted by molar-refractivity contribution is 0.348. The predicted octanol–water partition coefficient (Wildman–Crippen LogP) is 2.01. The Morgan fingerprint density at radius 2 is 2.00 bits per heavy atom. The highest BCUT2D eigenvalue weighted by Gasteiger charge is 2.23.